The van der Waals surface area contributed by atoms with Gasteiger partial charge >= 0.3 is 0 Å². The van der Waals surface area contributed by atoms with E-state index >= 15 is 0 Å². The molecular formula is C21H25N3O2. The molecule has 0 bridgehead atoms. The van der Waals surface area contributed by atoms with Gasteiger partial charge in [-0.1, -0.05) is 32.0 Å². The quantitative estimate of drug-likeness (QED) is 0.805. The summed E-state index contributed by atoms with van der Waals surface area (Å²) in [5, 5.41) is 5.98. The van der Waals surface area contributed by atoms with E-state index in [1.807, 2.05) is 30.3 Å². The first-order chi connectivity index (χ1) is 12.6. The van der Waals surface area contributed by atoms with Crippen LogP contribution in [0.25, 0.3) is 0 Å². The van der Waals surface area contributed by atoms with Crippen molar-refractivity contribution in [3.8, 4) is 0 Å². The van der Waals surface area contributed by atoms with E-state index in [0.29, 0.717) is 13.0 Å². The van der Waals surface area contributed by atoms with Crippen molar-refractivity contribution in [2.75, 3.05) is 5.32 Å². The summed E-state index contributed by atoms with van der Waals surface area (Å²) in [6.45, 7) is 4.62. The average Bonchev–Trinajstić information content (AvgIpc) is 3.48. The fourth-order valence-electron chi connectivity index (χ4n) is 3.21. The largest absolute Gasteiger partial charge is 0.352 e. The summed E-state index contributed by atoms with van der Waals surface area (Å²) in [5.41, 5.74) is 4.19. The van der Waals surface area contributed by atoms with E-state index in [-0.39, 0.29) is 23.7 Å². The van der Waals surface area contributed by atoms with Crippen LogP contribution in [0.3, 0.4) is 0 Å². The molecule has 2 aromatic rings. The minimum atomic E-state index is -0.234. The first kappa shape index (κ1) is 18.1. The molecule has 0 saturated heterocycles. The molecule has 2 N–H and O–H groups in total. The molecule has 0 aliphatic heterocycles. The topological polar surface area (TPSA) is 71.1 Å². The summed E-state index contributed by atoms with van der Waals surface area (Å²) >= 11 is 0. The molecule has 1 aromatic carbocycles. The second kappa shape index (κ2) is 8.13. The second-order valence-electron chi connectivity index (χ2n) is 6.67. The zero-order valence-electron chi connectivity index (χ0n) is 15.3. The number of amides is 2. The Bertz CT molecular complexity index is 767. The lowest BCUT2D eigenvalue weighted by Gasteiger charge is -2.14. The maximum atomic E-state index is 12.6. The number of aromatic nitrogens is 1. The molecule has 1 aliphatic carbocycles. The van der Waals surface area contributed by atoms with Crippen LogP contribution in [0, 0.1) is 11.8 Å². The molecular weight excluding hydrogens is 326 g/mol. The molecule has 2 amide bonds. The Kier molecular flexibility index (Phi) is 5.66. The van der Waals surface area contributed by atoms with Crippen LogP contribution in [-0.4, -0.2) is 16.8 Å². The maximum Gasteiger partial charge on any atom is 0.228 e. The van der Waals surface area contributed by atoms with Crippen LogP contribution in [0.15, 0.2) is 42.7 Å². The van der Waals surface area contributed by atoms with E-state index < -0.39 is 0 Å². The number of nitrogens with one attached hydrogen (secondary N) is 2. The van der Waals surface area contributed by atoms with Gasteiger partial charge in [-0.2, -0.15) is 0 Å². The fourth-order valence-corrected chi connectivity index (χ4v) is 3.21. The zero-order valence-corrected chi connectivity index (χ0v) is 15.3. The van der Waals surface area contributed by atoms with E-state index in [9.17, 15) is 9.59 Å². The van der Waals surface area contributed by atoms with E-state index in [0.717, 1.165) is 35.2 Å². The van der Waals surface area contributed by atoms with Crippen molar-refractivity contribution in [2.24, 2.45) is 11.8 Å². The number of pyridine rings is 1. The van der Waals surface area contributed by atoms with Crippen LogP contribution >= 0.6 is 0 Å². The second-order valence-corrected chi connectivity index (χ2v) is 6.67. The normalized spacial score (nSPS) is 18.2. The van der Waals surface area contributed by atoms with Crippen molar-refractivity contribution >= 4 is 17.5 Å². The number of rotatable bonds is 7. The number of hydrogen-bond acceptors (Lipinski definition) is 3. The van der Waals surface area contributed by atoms with Gasteiger partial charge in [0.2, 0.25) is 11.8 Å². The Labute approximate surface area is 154 Å². The minimum Gasteiger partial charge on any atom is -0.352 e. The van der Waals surface area contributed by atoms with Gasteiger partial charge in [0.05, 0.1) is 11.8 Å². The van der Waals surface area contributed by atoms with Crippen LogP contribution < -0.4 is 10.6 Å². The number of benzene rings is 1. The van der Waals surface area contributed by atoms with E-state index in [4.69, 9.17) is 0 Å². The van der Waals surface area contributed by atoms with Crippen molar-refractivity contribution in [1.82, 2.24) is 10.3 Å². The first-order valence-corrected chi connectivity index (χ1v) is 9.22. The molecule has 5 heteroatoms. The van der Waals surface area contributed by atoms with Crippen molar-refractivity contribution < 1.29 is 9.59 Å². The van der Waals surface area contributed by atoms with E-state index in [2.05, 4.69) is 29.5 Å². The number of para-hydroxylation sites is 1. The van der Waals surface area contributed by atoms with Gasteiger partial charge in [-0.25, -0.2) is 0 Å². The Morgan fingerprint density at radius 3 is 2.23 bits per heavy atom. The van der Waals surface area contributed by atoms with Gasteiger partial charge in [-0.3, -0.25) is 14.6 Å². The van der Waals surface area contributed by atoms with Gasteiger partial charge in [0.1, 0.15) is 0 Å². The number of carbonyl (C=O) groups is 2. The number of nitrogens with zero attached hydrogens (tertiary/aromatic N) is 1. The van der Waals surface area contributed by atoms with Crippen LogP contribution in [0.1, 0.15) is 37.0 Å². The molecule has 5 nitrogen and oxygen atoms in total. The number of anilines is 1. The molecule has 1 heterocycles. The highest BCUT2D eigenvalue weighted by molar-refractivity contribution is 6.00. The predicted octanol–water partition coefficient (Wildman–Crippen LogP) is 3.10. The van der Waals surface area contributed by atoms with Crippen molar-refractivity contribution in [3.05, 3.63) is 59.4 Å². The Hall–Kier alpha value is -2.69. The summed E-state index contributed by atoms with van der Waals surface area (Å²) in [4.78, 5) is 28.8. The lowest BCUT2D eigenvalue weighted by Crippen LogP contribution is -2.27. The van der Waals surface area contributed by atoms with Gasteiger partial charge in [0.25, 0.3) is 0 Å². The molecule has 0 spiro atoms. The van der Waals surface area contributed by atoms with Gasteiger partial charge in [0, 0.05) is 24.6 Å². The Morgan fingerprint density at radius 2 is 1.62 bits per heavy atom. The van der Waals surface area contributed by atoms with Crippen molar-refractivity contribution in [3.63, 3.8) is 0 Å². The smallest absolute Gasteiger partial charge is 0.228 e. The summed E-state index contributed by atoms with van der Waals surface area (Å²) in [7, 11) is 0. The van der Waals surface area contributed by atoms with Gasteiger partial charge in [-0.05, 0) is 48.1 Å². The molecule has 1 aliphatic rings. The SMILES string of the molecule is CCc1cccc(CC)c1NC(=O)C1CC1C(=O)NCc1ccncc1. The van der Waals surface area contributed by atoms with E-state index in [1.54, 1.807) is 12.4 Å². The van der Waals surface area contributed by atoms with Crippen molar-refractivity contribution in [2.45, 2.75) is 39.7 Å². The summed E-state index contributed by atoms with van der Waals surface area (Å²) in [5.74, 6) is -0.566. The Balaban J connectivity index is 1.57. The van der Waals surface area contributed by atoms with Crippen LogP contribution in [0.4, 0.5) is 5.69 Å². The highest BCUT2D eigenvalue weighted by Gasteiger charge is 2.48. The summed E-state index contributed by atoms with van der Waals surface area (Å²) in [6.07, 6.45) is 5.74. The third kappa shape index (κ3) is 4.10. The lowest BCUT2D eigenvalue weighted by atomic mass is 10.0. The summed E-state index contributed by atoms with van der Waals surface area (Å²) < 4.78 is 0. The van der Waals surface area contributed by atoms with Crippen LogP contribution in [-0.2, 0) is 29.0 Å². The molecule has 2 unspecified atom stereocenters. The summed E-state index contributed by atoms with van der Waals surface area (Å²) in [6, 6.07) is 9.84. The molecule has 1 fully saturated rings. The number of aryl methyl sites for hydroxylation is 2. The zero-order chi connectivity index (χ0) is 18.5. The molecule has 3 rings (SSSR count). The average molecular weight is 351 g/mol. The van der Waals surface area contributed by atoms with Crippen LogP contribution in [0.5, 0.6) is 0 Å². The third-order valence-corrected chi connectivity index (χ3v) is 4.93. The third-order valence-electron chi connectivity index (χ3n) is 4.93. The molecule has 2 atom stereocenters. The van der Waals surface area contributed by atoms with Crippen LogP contribution in [0.2, 0.25) is 0 Å². The van der Waals surface area contributed by atoms with Gasteiger partial charge in [0.15, 0.2) is 0 Å². The molecule has 26 heavy (non-hydrogen) atoms. The fraction of sp³-hybridized carbons (Fsp3) is 0.381. The van der Waals surface area contributed by atoms with E-state index in [1.165, 1.54) is 0 Å². The monoisotopic (exact) mass is 351 g/mol. The first-order valence-electron chi connectivity index (χ1n) is 9.22. The molecule has 1 saturated carbocycles. The van der Waals surface area contributed by atoms with Gasteiger partial charge in [-0.15, -0.1) is 0 Å². The maximum absolute atomic E-state index is 12.6. The standard InChI is InChI=1S/C21H25N3O2/c1-3-15-6-5-7-16(4-2)19(15)24-21(26)18-12-17(18)20(25)23-13-14-8-10-22-11-9-14/h5-11,17-18H,3-4,12-13H2,1-2H3,(H,23,25)(H,24,26). The number of hydrogen-bond donors (Lipinski definition) is 2. The highest BCUT2D eigenvalue weighted by Crippen LogP contribution is 2.40. The lowest BCUT2D eigenvalue weighted by molar-refractivity contribution is -0.125. The predicted molar refractivity (Wildman–Crippen MR) is 102 cm³/mol. The van der Waals surface area contributed by atoms with Gasteiger partial charge < -0.3 is 10.6 Å². The molecule has 1 aromatic heterocycles. The number of carbonyl (C=O) groups excluding carboxylic acids is 2. The highest BCUT2D eigenvalue weighted by atomic mass is 16.2. The molecule has 0 radical (unpaired) electrons. The minimum absolute atomic E-state index is 0.0512. The van der Waals surface area contributed by atoms with Crippen molar-refractivity contribution in [1.29, 1.82) is 0 Å². The Morgan fingerprint density at radius 1 is 1.00 bits per heavy atom. The molecule has 136 valence electrons.